The molecule has 0 amide bonds. The average Bonchev–Trinajstić information content (AvgIpc) is 3.93. The van der Waals surface area contributed by atoms with Crippen LogP contribution in [0.15, 0.2) is 0 Å². The van der Waals surface area contributed by atoms with Gasteiger partial charge in [0.15, 0.2) is 0 Å². The summed E-state index contributed by atoms with van der Waals surface area (Å²) in [6, 6.07) is 22.8. The first-order valence-corrected chi connectivity index (χ1v) is 46.6. The molecule has 6 heterocycles. The maximum Gasteiger partial charge on any atom is 0.0537 e. The molecule has 8 nitrogen and oxygen atoms in total. The standard InChI is InChI=1S/C10H21NSi.C9H19NSi.C9H19N.2C8H17N.C7H17NSi.C7H15N.C6H15NSi/c11-10-4-8-12(9-5-10)6-2-1-3-7-12;10-9-3-7-11(8-4-9)5-1-2-6-11;10-9-7-5-3-1-2-4-6-8-9;1-8(2)5-3-7(9)4-6-8;9-8-6-4-2-1-3-5-7-8;1-9(2)5-3-7(8)4-6-9;8-7-5-3-1-2-4-6-7;1-8(2)4-3-6(7)5-8/h10H,1-9,11H2;9H,1-8,10H2;9H,1-8,10H2;7H,3-6,9H2,1-2H3;8H,1-7,9H2;7H,3-6,8H2,1-2H3;7H,1-6,8H2;6H,3-5,7H2,1-2H3. The number of nitrogens with two attached hydrogens (primary N) is 8. The van der Waals surface area contributed by atoms with Crippen LogP contribution >= 0.6 is 0 Å². The van der Waals surface area contributed by atoms with Gasteiger partial charge < -0.3 is 45.9 Å². The van der Waals surface area contributed by atoms with Gasteiger partial charge in [0.25, 0.3) is 0 Å². The Morgan fingerprint density at radius 1 is 0.237 bits per heavy atom. The van der Waals surface area contributed by atoms with Crippen LogP contribution in [0.5, 0.6) is 0 Å². The van der Waals surface area contributed by atoms with Crippen LogP contribution in [0.2, 0.25) is 98.7 Å². The lowest BCUT2D eigenvalue weighted by atomic mass is 9.76. The summed E-state index contributed by atoms with van der Waals surface area (Å²) in [4.78, 5) is 0. The number of hydrogen-bond donors (Lipinski definition) is 8. The monoisotopic (exact) mass is 1130 g/mol. The van der Waals surface area contributed by atoms with Gasteiger partial charge in [0.1, 0.15) is 0 Å². The summed E-state index contributed by atoms with van der Waals surface area (Å²) in [7, 11) is -2.77. The lowest BCUT2D eigenvalue weighted by Crippen LogP contribution is -2.43. The van der Waals surface area contributed by atoms with Gasteiger partial charge in [-0.3, -0.25) is 0 Å². The highest BCUT2D eigenvalue weighted by atomic mass is 28.3. The van der Waals surface area contributed by atoms with Gasteiger partial charge >= 0.3 is 0 Å². The minimum Gasteiger partial charge on any atom is -0.328 e. The summed E-state index contributed by atoms with van der Waals surface area (Å²) in [5, 5.41) is 0. The van der Waals surface area contributed by atoms with Crippen molar-refractivity contribution >= 4 is 32.3 Å². The predicted molar refractivity (Wildman–Crippen MR) is 353 cm³/mol. The summed E-state index contributed by atoms with van der Waals surface area (Å²) in [5.74, 6) is 0. The van der Waals surface area contributed by atoms with E-state index in [1.54, 1.807) is 74.0 Å². The summed E-state index contributed by atoms with van der Waals surface area (Å²) in [6.45, 7) is 14.5. The fourth-order valence-corrected chi connectivity index (χ4v) is 31.2. The lowest BCUT2D eigenvalue weighted by Gasteiger charge is -2.40. The van der Waals surface area contributed by atoms with Crippen LogP contribution in [0.3, 0.4) is 0 Å². The molecule has 6 saturated heterocycles. The van der Waals surface area contributed by atoms with E-state index < -0.39 is 32.3 Å². The van der Waals surface area contributed by atoms with E-state index in [-0.39, 0.29) is 0 Å². The van der Waals surface area contributed by atoms with Crippen LogP contribution in [0.4, 0.5) is 0 Å². The molecule has 452 valence electrons. The van der Waals surface area contributed by atoms with Crippen molar-refractivity contribution in [2.24, 2.45) is 51.3 Å². The molecule has 0 aromatic rings. The van der Waals surface area contributed by atoms with E-state index in [9.17, 15) is 0 Å². The van der Waals surface area contributed by atoms with Crippen LogP contribution in [0.25, 0.3) is 0 Å². The van der Waals surface area contributed by atoms with Crippen molar-refractivity contribution in [3.8, 4) is 0 Å². The second-order valence-electron chi connectivity index (χ2n) is 30.4. The van der Waals surface area contributed by atoms with Crippen LogP contribution in [0, 0.1) is 5.41 Å². The van der Waals surface area contributed by atoms with Crippen molar-refractivity contribution in [2.75, 3.05) is 0 Å². The lowest BCUT2D eigenvalue weighted by molar-refractivity contribution is 0.225. The Bertz CT molecular complexity index is 1310. The molecule has 4 saturated carbocycles. The van der Waals surface area contributed by atoms with Crippen molar-refractivity contribution < 1.29 is 0 Å². The molecule has 10 fully saturated rings. The van der Waals surface area contributed by atoms with Crippen LogP contribution < -0.4 is 45.9 Å². The molecule has 6 aliphatic heterocycles. The smallest absolute Gasteiger partial charge is 0.0537 e. The van der Waals surface area contributed by atoms with Crippen LogP contribution in [-0.2, 0) is 0 Å². The van der Waals surface area contributed by atoms with Crippen molar-refractivity contribution in [1.82, 2.24) is 0 Å². The van der Waals surface area contributed by atoms with Crippen molar-refractivity contribution in [3.63, 3.8) is 0 Å². The summed E-state index contributed by atoms with van der Waals surface area (Å²) in [5.41, 5.74) is 47.1. The van der Waals surface area contributed by atoms with Crippen LogP contribution in [-0.4, -0.2) is 80.6 Å². The fraction of sp³-hybridized carbons (Fsp3) is 1.00. The molecule has 16 N–H and O–H groups in total. The molecule has 76 heavy (non-hydrogen) atoms. The molecule has 12 heteroatoms. The van der Waals surface area contributed by atoms with Gasteiger partial charge in [-0.25, -0.2) is 0 Å². The van der Waals surface area contributed by atoms with Gasteiger partial charge in [-0.2, -0.15) is 0 Å². The Morgan fingerprint density at radius 2 is 0.461 bits per heavy atom. The van der Waals surface area contributed by atoms with E-state index in [4.69, 9.17) is 45.9 Å². The Balaban J connectivity index is 0.000000230. The largest absolute Gasteiger partial charge is 0.328 e. The highest BCUT2D eigenvalue weighted by Crippen LogP contribution is 2.42. The predicted octanol–water partition coefficient (Wildman–Crippen LogP) is 16.4. The molecule has 10 aliphatic rings. The van der Waals surface area contributed by atoms with E-state index in [0.29, 0.717) is 53.7 Å². The van der Waals surface area contributed by atoms with Crippen molar-refractivity contribution in [3.05, 3.63) is 0 Å². The summed E-state index contributed by atoms with van der Waals surface area (Å²) < 4.78 is 0. The molecular weight excluding hydrogens is 993 g/mol. The van der Waals surface area contributed by atoms with E-state index in [1.807, 2.05) is 0 Å². The van der Waals surface area contributed by atoms with Gasteiger partial charge in [-0.05, 0) is 121 Å². The van der Waals surface area contributed by atoms with E-state index in [2.05, 4.69) is 40.0 Å². The fourth-order valence-electron chi connectivity index (χ4n) is 14.7. The summed E-state index contributed by atoms with van der Waals surface area (Å²) >= 11 is 0. The first-order valence-electron chi connectivity index (χ1n) is 34.1. The highest BCUT2D eigenvalue weighted by Gasteiger charge is 2.39. The van der Waals surface area contributed by atoms with E-state index in [0.717, 1.165) is 0 Å². The van der Waals surface area contributed by atoms with Gasteiger partial charge in [0, 0.05) is 64.5 Å². The molecule has 1 atom stereocenters. The minimum absolute atomic E-state index is 0.498. The third kappa shape index (κ3) is 34.2. The van der Waals surface area contributed by atoms with Gasteiger partial charge in [0.2, 0.25) is 0 Å². The second-order valence-corrected chi connectivity index (χ2v) is 51.0. The molecule has 10 rings (SSSR count). The normalized spacial score (nSPS) is 28.7. The van der Waals surface area contributed by atoms with E-state index in [1.165, 1.54) is 236 Å². The number of hydrogen-bond acceptors (Lipinski definition) is 8. The highest BCUT2D eigenvalue weighted by molar-refractivity contribution is 6.81. The van der Waals surface area contributed by atoms with Crippen molar-refractivity contribution in [1.29, 1.82) is 0 Å². The molecule has 0 aromatic heterocycles. The average molecular weight is 1130 g/mol. The maximum atomic E-state index is 5.95. The van der Waals surface area contributed by atoms with Crippen LogP contribution in [0.1, 0.15) is 251 Å². The maximum absolute atomic E-state index is 5.95. The quantitative estimate of drug-likeness (QED) is 0.0863. The Kier molecular flexibility index (Phi) is 36.5. The first kappa shape index (κ1) is 70.8. The zero-order valence-corrected chi connectivity index (χ0v) is 56.4. The first-order chi connectivity index (χ1) is 36.1. The zero-order valence-electron chi connectivity index (χ0n) is 52.4. The molecular formula is C64H140N8Si4. The third-order valence-electron chi connectivity index (χ3n) is 21.0. The Labute approximate surface area is 479 Å². The summed E-state index contributed by atoms with van der Waals surface area (Å²) in [6.07, 6.45) is 50.6. The molecule has 0 bridgehead atoms. The molecule has 1 unspecified atom stereocenters. The molecule has 2 spiro atoms. The van der Waals surface area contributed by atoms with Gasteiger partial charge in [0.05, 0.1) is 16.1 Å². The topological polar surface area (TPSA) is 208 Å². The third-order valence-corrected chi connectivity index (χ3v) is 38.6. The zero-order chi connectivity index (χ0) is 55.8. The SMILES string of the molecule is CC1(C)CCC(N)CC1.C[Si]1(C)CCC(N)C1.C[Si]1(C)CCC(N)CC1.NC1CCCCCC1.NC1CCCCCCC1.NC1CCCCCCCC1.NC1CC[Si]2(CCCC2)CC1.NC1CC[Si]2(CCCCC2)CC1. The molecule has 4 aliphatic carbocycles. The minimum atomic E-state index is -0.728. The van der Waals surface area contributed by atoms with Gasteiger partial charge in [-0.1, -0.05) is 235 Å². The van der Waals surface area contributed by atoms with Crippen molar-refractivity contribution in [2.45, 2.75) is 398 Å². The van der Waals surface area contributed by atoms with E-state index >= 15 is 0 Å². The molecule has 0 aromatic carbocycles. The Hall–Kier alpha value is 0.548. The van der Waals surface area contributed by atoms with Gasteiger partial charge in [-0.15, -0.1) is 0 Å². The number of rotatable bonds is 0. The molecule has 0 radical (unpaired) electrons. The Morgan fingerprint density at radius 3 is 0.711 bits per heavy atom. The second kappa shape index (κ2) is 39.2.